The molecule has 0 radical (unpaired) electrons. The molecule has 2 aromatic rings. The maximum Gasteiger partial charge on any atom is 0.350 e. The first-order valence-electron chi connectivity index (χ1n) is 11.1. The normalized spacial score (nSPS) is 34.4. The third kappa shape index (κ3) is 3.08. The van der Waals surface area contributed by atoms with E-state index in [2.05, 4.69) is 0 Å². The van der Waals surface area contributed by atoms with Gasteiger partial charge in [-0.15, -0.1) is 0 Å². The SMILES string of the molecule is CC1C(c2cc3c(c(=O)o2)C(=O)[C@H](O)[C@@H](C)O3)C(C)C1c1cc2c(c(=O)o1)C(=O)[C@H](O)[C@@H](C)O2. The highest BCUT2D eigenvalue weighted by Crippen LogP contribution is 2.57. The molecule has 0 aromatic carbocycles. The van der Waals surface area contributed by atoms with Crippen LogP contribution in [0.1, 0.15) is 71.8 Å². The van der Waals surface area contributed by atoms with E-state index in [1.165, 1.54) is 26.0 Å². The number of ketones is 2. The van der Waals surface area contributed by atoms with Gasteiger partial charge in [-0.1, -0.05) is 13.8 Å². The Morgan fingerprint density at radius 1 is 0.647 bits per heavy atom. The average Bonchev–Trinajstić information content (AvgIpc) is 2.75. The second-order valence-electron chi connectivity index (χ2n) is 9.38. The van der Waals surface area contributed by atoms with Crippen LogP contribution < -0.4 is 20.7 Å². The van der Waals surface area contributed by atoms with Gasteiger partial charge in [0.1, 0.15) is 46.4 Å². The zero-order chi connectivity index (χ0) is 24.6. The molecule has 0 bridgehead atoms. The standard InChI is InChI=1S/C24H24O10/c1-7-15(11-5-13-17(23(29)33-11)21(27)19(25)9(3)31-13)8(2)16(7)12-6-14-18(24(30)34-12)22(28)20(26)10(4)32-14/h5-10,15-16,19-20,25-26H,1-4H3/t7?,8?,9-,10-,15?,16?,19-,20-/m1/s1. The molecule has 4 heterocycles. The third-order valence-corrected chi connectivity index (χ3v) is 7.34. The molecule has 3 aliphatic rings. The summed E-state index contributed by atoms with van der Waals surface area (Å²) in [5.74, 6) is -1.39. The number of carbonyl (C=O) groups excluding carboxylic acids is 2. The van der Waals surface area contributed by atoms with Crippen LogP contribution in [0.3, 0.4) is 0 Å². The topological polar surface area (TPSA) is 153 Å². The molecule has 2 aliphatic heterocycles. The summed E-state index contributed by atoms with van der Waals surface area (Å²) in [6.45, 7) is 6.89. The number of hydrogen-bond donors (Lipinski definition) is 2. The fourth-order valence-corrected chi connectivity index (χ4v) is 5.48. The summed E-state index contributed by atoms with van der Waals surface area (Å²) in [5.41, 5.74) is -2.34. The van der Waals surface area contributed by atoms with Crippen LogP contribution in [0.5, 0.6) is 11.5 Å². The highest BCUT2D eigenvalue weighted by Gasteiger charge is 2.51. The number of fused-ring (bicyclic) bond motifs is 2. The van der Waals surface area contributed by atoms with Crippen molar-refractivity contribution in [3.05, 3.63) is 55.6 Å². The molecule has 2 N–H and O–H groups in total. The lowest BCUT2D eigenvalue weighted by Gasteiger charge is -2.48. The molecule has 0 spiro atoms. The van der Waals surface area contributed by atoms with Crippen molar-refractivity contribution in [3.63, 3.8) is 0 Å². The van der Waals surface area contributed by atoms with E-state index in [9.17, 15) is 29.4 Å². The Balaban J connectivity index is 1.47. The zero-order valence-electron chi connectivity index (χ0n) is 18.9. The van der Waals surface area contributed by atoms with Crippen LogP contribution in [-0.4, -0.2) is 46.2 Å². The predicted molar refractivity (Wildman–Crippen MR) is 115 cm³/mol. The van der Waals surface area contributed by atoms with Gasteiger partial charge in [0.15, 0.2) is 12.2 Å². The van der Waals surface area contributed by atoms with Crippen molar-refractivity contribution in [1.29, 1.82) is 0 Å². The fraction of sp³-hybridized carbons (Fsp3) is 0.500. The van der Waals surface area contributed by atoms with E-state index in [-0.39, 0.29) is 46.3 Å². The van der Waals surface area contributed by atoms with E-state index in [4.69, 9.17) is 18.3 Å². The van der Waals surface area contributed by atoms with E-state index in [1.54, 1.807) is 0 Å². The predicted octanol–water partition coefficient (Wildman–Crippen LogP) is 1.40. The maximum absolute atomic E-state index is 12.5. The lowest BCUT2D eigenvalue weighted by Crippen LogP contribution is -2.45. The van der Waals surface area contributed by atoms with Crippen molar-refractivity contribution in [3.8, 4) is 11.5 Å². The Morgan fingerprint density at radius 3 is 1.35 bits per heavy atom. The minimum atomic E-state index is -1.43. The Kier molecular flexibility index (Phi) is 5.07. The first-order chi connectivity index (χ1) is 16.0. The van der Waals surface area contributed by atoms with Crippen LogP contribution in [0.15, 0.2) is 30.6 Å². The summed E-state index contributed by atoms with van der Waals surface area (Å²) in [6.07, 6.45) is -4.46. The molecule has 0 saturated heterocycles. The first kappa shape index (κ1) is 22.5. The Labute approximate surface area is 193 Å². The minimum Gasteiger partial charge on any atom is -0.486 e. The lowest BCUT2D eigenvalue weighted by molar-refractivity contribution is 0.0264. The number of Topliss-reactive ketones (excluding diaryl/α,β-unsaturated/α-hetero) is 2. The number of aliphatic hydroxyl groups excluding tert-OH is 2. The molecule has 34 heavy (non-hydrogen) atoms. The molecule has 4 atom stereocenters. The molecular weight excluding hydrogens is 448 g/mol. The van der Waals surface area contributed by atoms with Crippen LogP contribution >= 0.6 is 0 Å². The largest absolute Gasteiger partial charge is 0.486 e. The van der Waals surface area contributed by atoms with Gasteiger partial charge in [0.05, 0.1) is 0 Å². The number of carbonyl (C=O) groups is 2. The zero-order valence-corrected chi connectivity index (χ0v) is 18.9. The van der Waals surface area contributed by atoms with Gasteiger partial charge < -0.3 is 28.5 Å². The highest BCUT2D eigenvalue weighted by atomic mass is 16.5. The summed E-state index contributed by atoms with van der Waals surface area (Å²) in [5, 5.41) is 19.8. The molecule has 180 valence electrons. The van der Waals surface area contributed by atoms with E-state index < -0.39 is 47.2 Å². The molecule has 1 fully saturated rings. The summed E-state index contributed by atoms with van der Waals surface area (Å²) >= 11 is 0. The first-order valence-corrected chi connectivity index (χ1v) is 11.1. The van der Waals surface area contributed by atoms with E-state index in [0.29, 0.717) is 11.5 Å². The van der Waals surface area contributed by atoms with Crippen LogP contribution in [0.2, 0.25) is 0 Å². The number of aliphatic hydroxyl groups is 2. The van der Waals surface area contributed by atoms with Gasteiger partial charge in [0.2, 0.25) is 11.6 Å². The van der Waals surface area contributed by atoms with Crippen molar-refractivity contribution >= 4 is 11.6 Å². The summed E-state index contributed by atoms with van der Waals surface area (Å²) in [7, 11) is 0. The second kappa shape index (κ2) is 7.64. The fourth-order valence-electron chi connectivity index (χ4n) is 5.48. The van der Waals surface area contributed by atoms with Gasteiger partial charge in [-0.2, -0.15) is 0 Å². The van der Waals surface area contributed by atoms with Crippen molar-refractivity contribution in [2.24, 2.45) is 11.8 Å². The van der Waals surface area contributed by atoms with Gasteiger partial charge in [0.25, 0.3) is 0 Å². The molecule has 10 nitrogen and oxygen atoms in total. The van der Waals surface area contributed by atoms with Crippen LogP contribution in [0, 0.1) is 11.8 Å². The minimum absolute atomic E-state index is 0.0803. The van der Waals surface area contributed by atoms with Crippen molar-refractivity contribution < 1.29 is 38.1 Å². The summed E-state index contributed by atoms with van der Waals surface area (Å²) < 4.78 is 22.1. The molecule has 0 unspecified atom stereocenters. The van der Waals surface area contributed by atoms with Crippen molar-refractivity contribution in [1.82, 2.24) is 0 Å². The molecule has 1 saturated carbocycles. The van der Waals surface area contributed by atoms with Gasteiger partial charge >= 0.3 is 11.3 Å². The number of rotatable bonds is 2. The Morgan fingerprint density at radius 2 is 1.00 bits per heavy atom. The Bertz CT molecular complexity index is 1210. The number of ether oxygens (including phenoxy) is 2. The average molecular weight is 472 g/mol. The Hall–Kier alpha value is -3.24. The molecule has 10 heteroatoms. The lowest BCUT2D eigenvalue weighted by atomic mass is 9.56. The van der Waals surface area contributed by atoms with Crippen LogP contribution in [0.25, 0.3) is 0 Å². The maximum atomic E-state index is 12.5. The monoisotopic (exact) mass is 472 g/mol. The third-order valence-electron chi connectivity index (χ3n) is 7.34. The van der Waals surface area contributed by atoms with Gasteiger partial charge in [0, 0.05) is 24.0 Å². The van der Waals surface area contributed by atoms with Crippen molar-refractivity contribution in [2.75, 3.05) is 0 Å². The molecular formula is C24H24O10. The van der Waals surface area contributed by atoms with E-state index in [1.807, 2.05) is 13.8 Å². The van der Waals surface area contributed by atoms with Gasteiger partial charge in [-0.25, -0.2) is 9.59 Å². The molecule has 2 aromatic heterocycles. The van der Waals surface area contributed by atoms with Gasteiger partial charge in [-0.05, 0) is 25.7 Å². The molecule has 0 amide bonds. The highest BCUT2D eigenvalue weighted by molar-refractivity contribution is 6.03. The quantitative estimate of drug-likeness (QED) is 0.655. The van der Waals surface area contributed by atoms with Gasteiger partial charge in [-0.3, -0.25) is 9.59 Å². The van der Waals surface area contributed by atoms with Crippen LogP contribution in [0.4, 0.5) is 0 Å². The van der Waals surface area contributed by atoms with E-state index in [0.717, 1.165) is 0 Å². The van der Waals surface area contributed by atoms with Crippen LogP contribution in [-0.2, 0) is 0 Å². The number of hydrogen-bond acceptors (Lipinski definition) is 10. The second-order valence-corrected chi connectivity index (χ2v) is 9.38. The summed E-state index contributed by atoms with van der Waals surface area (Å²) in [6, 6.07) is 3.03. The summed E-state index contributed by atoms with van der Waals surface area (Å²) in [4.78, 5) is 49.7. The van der Waals surface area contributed by atoms with Crippen molar-refractivity contribution in [2.45, 2.75) is 63.9 Å². The molecule has 5 rings (SSSR count). The smallest absolute Gasteiger partial charge is 0.350 e. The van der Waals surface area contributed by atoms with E-state index >= 15 is 0 Å². The molecule has 1 aliphatic carbocycles.